The standard InChI is InChI=1S/C18H15Cl2NO5/c1-10-3-4-11(17(23)25-2)7-15(10)21-16(22)9-26-18(24)12-5-13(19)8-14(20)6-12/h3-8H,9H2,1-2H3,(H,21,22). The third kappa shape index (κ3) is 5.21. The van der Waals surface area contributed by atoms with E-state index in [1.807, 2.05) is 0 Å². The minimum atomic E-state index is -0.732. The van der Waals surface area contributed by atoms with Gasteiger partial charge in [0, 0.05) is 15.7 Å². The number of benzene rings is 2. The topological polar surface area (TPSA) is 81.7 Å². The van der Waals surface area contributed by atoms with E-state index in [0.717, 1.165) is 5.56 Å². The first-order chi connectivity index (χ1) is 12.3. The van der Waals surface area contributed by atoms with E-state index in [4.69, 9.17) is 27.9 Å². The molecule has 0 saturated heterocycles. The van der Waals surface area contributed by atoms with Crippen molar-refractivity contribution in [2.45, 2.75) is 6.92 Å². The highest BCUT2D eigenvalue weighted by atomic mass is 35.5. The van der Waals surface area contributed by atoms with Crippen molar-refractivity contribution in [3.8, 4) is 0 Å². The normalized spacial score (nSPS) is 10.2. The van der Waals surface area contributed by atoms with Gasteiger partial charge in [0.05, 0.1) is 18.2 Å². The molecule has 0 atom stereocenters. The Morgan fingerprint density at radius 2 is 1.62 bits per heavy atom. The minimum absolute atomic E-state index is 0.138. The molecule has 6 nitrogen and oxygen atoms in total. The van der Waals surface area contributed by atoms with Crippen LogP contribution in [0, 0.1) is 6.92 Å². The molecule has 0 aliphatic heterocycles. The van der Waals surface area contributed by atoms with Crippen LogP contribution >= 0.6 is 23.2 Å². The molecule has 0 heterocycles. The fourth-order valence-corrected chi connectivity index (χ4v) is 2.60. The second-order valence-corrected chi connectivity index (χ2v) is 6.18. The molecule has 0 aliphatic rings. The van der Waals surface area contributed by atoms with Crippen LogP contribution in [0.5, 0.6) is 0 Å². The highest BCUT2D eigenvalue weighted by Gasteiger charge is 2.14. The van der Waals surface area contributed by atoms with Gasteiger partial charge in [-0.1, -0.05) is 29.3 Å². The number of hydrogen-bond acceptors (Lipinski definition) is 5. The third-order valence-electron chi connectivity index (χ3n) is 3.37. The fraction of sp³-hybridized carbons (Fsp3) is 0.167. The van der Waals surface area contributed by atoms with Crippen molar-refractivity contribution in [1.29, 1.82) is 0 Å². The average Bonchev–Trinajstić information content (AvgIpc) is 2.60. The Morgan fingerprint density at radius 1 is 0.962 bits per heavy atom. The van der Waals surface area contributed by atoms with E-state index in [2.05, 4.69) is 10.1 Å². The van der Waals surface area contributed by atoms with Crippen LogP contribution in [0.3, 0.4) is 0 Å². The zero-order valence-corrected chi connectivity index (χ0v) is 15.5. The molecule has 0 bridgehead atoms. The Hall–Kier alpha value is -2.57. The van der Waals surface area contributed by atoms with Gasteiger partial charge < -0.3 is 14.8 Å². The van der Waals surface area contributed by atoms with Gasteiger partial charge in [0.2, 0.25) is 0 Å². The van der Waals surface area contributed by atoms with Crippen molar-refractivity contribution in [2.75, 3.05) is 19.0 Å². The van der Waals surface area contributed by atoms with Crippen LogP contribution < -0.4 is 5.32 Å². The van der Waals surface area contributed by atoms with Gasteiger partial charge in [-0.15, -0.1) is 0 Å². The molecule has 8 heteroatoms. The molecule has 1 amide bonds. The van der Waals surface area contributed by atoms with Gasteiger partial charge in [-0.2, -0.15) is 0 Å². The Labute approximate surface area is 160 Å². The van der Waals surface area contributed by atoms with Gasteiger partial charge in [0.15, 0.2) is 6.61 Å². The molecule has 0 aliphatic carbocycles. The molecule has 136 valence electrons. The quantitative estimate of drug-likeness (QED) is 0.776. The summed E-state index contributed by atoms with van der Waals surface area (Å²) in [6.07, 6.45) is 0. The number of hydrogen-bond donors (Lipinski definition) is 1. The smallest absolute Gasteiger partial charge is 0.338 e. The van der Waals surface area contributed by atoms with Crippen LogP contribution in [-0.2, 0) is 14.3 Å². The third-order valence-corrected chi connectivity index (χ3v) is 3.80. The summed E-state index contributed by atoms with van der Waals surface area (Å²) in [4.78, 5) is 35.6. The maximum Gasteiger partial charge on any atom is 0.338 e. The first-order valence-corrected chi connectivity index (χ1v) is 8.18. The molecule has 26 heavy (non-hydrogen) atoms. The highest BCUT2D eigenvalue weighted by Crippen LogP contribution is 2.20. The number of nitrogens with one attached hydrogen (secondary N) is 1. The number of ether oxygens (including phenoxy) is 2. The first kappa shape index (κ1) is 19.8. The first-order valence-electron chi connectivity index (χ1n) is 7.42. The molecule has 2 aromatic carbocycles. The van der Waals surface area contributed by atoms with Gasteiger partial charge >= 0.3 is 11.9 Å². The van der Waals surface area contributed by atoms with Crippen molar-refractivity contribution >= 4 is 46.7 Å². The summed E-state index contributed by atoms with van der Waals surface area (Å²) in [5.74, 6) is -1.81. The number of anilines is 1. The summed E-state index contributed by atoms with van der Waals surface area (Å²) in [5.41, 5.74) is 1.58. The maximum atomic E-state index is 12.0. The number of methoxy groups -OCH3 is 1. The monoisotopic (exact) mass is 395 g/mol. The molecule has 0 aromatic heterocycles. The molecule has 0 saturated carbocycles. The van der Waals surface area contributed by atoms with Crippen LogP contribution in [0.15, 0.2) is 36.4 Å². The van der Waals surface area contributed by atoms with Gasteiger partial charge in [0.1, 0.15) is 0 Å². The van der Waals surface area contributed by atoms with E-state index in [9.17, 15) is 14.4 Å². The number of carbonyl (C=O) groups excluding carboxylic acids is 3. The molecular formula is C18H15Cl2NO5. The Bertz CT molecular complexity index is 846. The maximum absolute atomic E-state index is 12.0. The lowest BCUT2D eigenvalue weighted by atomic mass is 10.1. The van der Waals surface area contributed by atoms with Crippen molar-refractivity contribution in [1.82, 2.24) is 0 Å². The SMILES string of the molecule is COC(=O)c1ccc(C)c(NC(=O)COC(=O)c2cc(Cl)cc(Cl)c2)c1. The number of aryl methyl sites for hydroxylation is 1. The summed E-state index contributed by atoms with van der Waals surface area (Å²) in [7, 11) is 1.27. The Kier molecular flexibility index (Phi) is 6.60. The molecular weight excluding hydrogens is 381 g/mol. The molecule has 1 N–H and O–H groups in total. The molecule has 0 fully saturated rings. The van der Waals surface area contributed by atoms with Crippen LogP contribution in [0.2, 0.25) is 10.0 Å². The van der Waals surface area contributed by atoms with E-state index >= 15 is 0 Å². The zero-order valence-electron chi connectivity index (χ0n) is 14.0. The van der Waals surface area contributed by atoms with E-state index in [1.165, 1.54) is 31.4 Å². The zero-order chi connectivity index (χ0) is 19.3. The summed E-state index contributed by atoms with van der Waals surface area (Å²) in [6, 6.07) is 8.98. The van der Waals surface area contributed by atoms with E-state index in [0.29, 0.717) is 11.3 Å². The summed E-state index contributed by atoms with van der Waals surface area (Å²) < 4.78 is 9.59. The predicted molar refractivity (Wildman–Crippen MR) is 97.9 cm³/mol. The largest absolute Gasteiger partial charge is 0.465 e. The van der Waals surface area contributed by atoms with Crippen molar-refractivity contribution < 1.29 is 23.9 Å². The van der Waals surface area contributed by atoms with Crippen molar-refractivity contribution in [2.24, 2.45) is 0 Å². The van der Waals surface area contributed by atoms with Gasteiger partial charge in [-0.25, -0.2) is 9.59 Å². The van der Waals surface area contributed by atoms with Crippen molar-refractivity contribution in [3.05, 3.63) is 63.1 Å². The molecule has 0 spiro atoms. The fourth-order valence-electron chi connectivity index (χ4n) is 2.07. The second kappa shape index (κ2) is 8.69. The predicted octanol–water partition coefficient (Wildman–Crippen LogP) is 3.88. The summed E-state index contributed by atoms with van der Waals surface area (Å²) >= 11 is 11.6. The second-order valence-electron chi connectivity index (χ2n) is 5.30. The van der Waals surface area contributed by atoms with E-state index in [-0.39, 0.29) is 15.6 Å². The number of rotatable bonds is 5. The lowest BCUT2D eigenvalue weighted by molar-refractivity contribution is -0.119. The lowest BCUT2D eigenvalue weighted by Gasteiger charge is -2.10. The van der Waals surface area contributed by atoms with Crippen molar-refractivity contribution in [3.63, 3.8) is 0 Å². The van der Waals surface area contributed by atoms with Crippen LogP contribution in [0.1, 0.15) is 26.3 Å². The van der Waals surface area contributed by atoms with E-state index < -0.39 is 24.5 Å². The highest BCUT2D eigenvalue weighted by molar-refractivity contribution is 6.35. The average molecular weight is 396 g/mol. The van der Waals surface area contributed by atoms with Gasteiger partial charge in [-0.3, -0.25) is 4.79 Å². The van der Waals surface area contributed by atoms with Crippen LogP contribution in [0.4, 0.5) is 5.69 Å². The van der Waals surface area contributed by atoms with Gasteiger partial charge in [-0.05, 0) is 42.8 Å². The molecule has 2 aromatic rings. The molecule has 2 rings (SSSR count). The minimum Gasteiger partial charge on any atom is -0.465 e. The lowest BCUT2D eigenvalue weighted by Crippen LogP contribution is -2.21. The number of halogens is 2. The van der Waals surface area contributed by atoms with Crippen LogP contribution in [0.25, 0.3) is 0 Å². The van der Waals surface area contributed by atoms with Crippen LogP contribution in [-0.4, -0.2) is 31.6 Å². The summed E-state index contributed by atoms with van der Waals surface area (Å²) in [6.45, 7) is 1.25. The van der Waals surface area contributed by atoms with Gasteiger partial charge in [0.25, 0.3) is 5.91 Å². The number of carbonyl (C=O) groups is 3. The molecule has 0 radical (unpaired) electrons. The summed E-state index contributed by atoms with van der Waals surface area (Å²) in [5, 5.41) is 3.15. The van der Waals surface area contributed by atoms with E-state index in [1.54, 1.807) is 19.1 Å². The Morgan fingerprint density at radius 3 is 2.23 bits per heavy atom. The molecule has 0 unspecified atom stereocenters. The Balaban J connectivity index is 2.00. The number of esters is 2. The number of amides is 1.